The fourth-order valence-corrected chi connectivity index (χ4v) is 6.70. The Hall–Kier alpha value is -4.46. The Labute approximate surface area is 274 Å². The van der Waals surface area contributed by atoms with E-state index in [1.807, 2.05) is 30.3 Å². The lowest BCUT2D eigenvalue weighted by Gasteiger charge is -2.32. The fraction of sp³-hybridized carbons (Fsp3) is 0.324. The summed E-state index contributed by atoms with van der Waals surface area (Å²) in [5.74, 6) is 0.185. The zero-order valence-corrected chi connectivity index (χ0v) is 26.9. The number of primary amides is 1. The summed E-state index contributed by atoms with van der Waals surface area (Å²) in [5.41, 5.74) is 8.29. The number of rotatable bonds is 11. The van der Waals surface area contributed by atoms with Crippen molar-refractivity contribution < 1.29 is 22.7 Å². The molecule has 2 aromatic carbocycles. The first-order chi connectivity index (χ1) is 22.6. The lowest BCUT2D eigenvalue weighted by atomic mass is 10.0. The number of carbonyl (C=O) groups is 1. The molecule has 1 saturated heterocycles. The number of aromatic nitrogens is 3. The molecule has 3 aromatic heterocycles. The number of alkyl halides is 3. The molecule has 0 spiro atoms. The number of fused-ring (bicyclic) bond motifs is 1. The van der Waals surface area contributed by atoms with Crippen LogP contribution in [0, 0.1) is 0 Å². The molecule has 1 aliphatic rings. The zero-order chi connectivity index (χ0) is 33.1. The average Bonchev–Trinajstić information content (AvgIpc) is 3.67. The molecule has 1 fully saturated rings. The smallest absolute Gasteiger partial charge is 0.416 e. The van der Waals surface area contributed by atoms with Crippen LogP contribution in [0.1, 0.15) is 40.2 Å². The van der Waals surface area contributed by atoms with Gasteiger partial charge in [0.25, 0.3) is 5.91 Å². The maximum atomic E-state index is 13.6. The Balaban J connectivity index is 1.17. The summed E-state index contributed by atoms with van der Waals surface area (Å²) >= 11 is 1.09. The topological polar surface area (TPSA) is 102 Å². The van der Waals surface area contributed by atoms with Crippen LogP contribution in [0.3, 0.4) is 0 Å². The predicted molar refractivity (Wildman–Crippen MR) is 178 cm³/mol. The van der Waals surface area contributed by atoms with Crippen LogP contribution >= 0.6 is 11.3 Å². The van der Waals surface area contributed by atoms with Gasteiger partial charge in [0, 0.05) is 50.6 Å². The quantitative estimate of drug-likeness (QED) is 0.157. The molecule has 4 heterocycles. The number of hydrogen-bond donors (Lipinski definition) is 2. The maximum Gasteiger partial charge on any atom is 0.416 e. The number of halogens is 3. The van der Waals surface area contributed by atoms with Crippen molar-refractivity contribution in [2.75, 3.05) is 51.6 Å². The van der Waals surface area contributed by atoms with E-state index >= 15 is 0 Å². The molecule has 1 aliphatic heterocycles. The van der Waals surface area contributed by atoms with Crippen LogP contribution in [-0.4, -0.2) is 76.6 Å². The molecule has 1 unspecified atom stereocenters. The van der Waals surface area contributed by atoms with E-state index in [9.17, 15) is 18.0 Å². The molecule has 1 amide bonds. The van der Waals surface area contributed by atoms with E-state index < -0.39 is 23.8 Å². The SMILES string of the molecule is CC(Oc1cc(-n2cnc3cc(-c4ccnc(NCCCN5CCN(C)CC5)c4)ccc32)sc1C(N)=O)c1ccccc1C(F)(F)F. The summed E-state index contributed by atoms with van der Waals surface area (Å²) in [6.45, 7) is 7.84. The molecule has 0 saturated carbocycles. The van der Waals surface area contributed by atoms with Crippen molar-refractivity contribution in [2.24, 2.45) is 5.73 Å². The number of pyridine rings is 1. The monoisotopic (exact) mass is 663 g/mol. The molecular weight excluding hydrogens is 627 g/mol. The summed E-state index contributed by atoms with van der Waals surface area (Å²) in [7, 11) is 2.16. The summed E-state index contributed by atoms with van der Waals surface area (Å²) in [4.78, 5) is 26.4. The molecule has 1 atom stereocenters. The predicted octanol–water partition coefficient (Wildman–Crippen LogP) is 6.46. The van der Waals surface area contributed by atoms with Crippen molar-refractivity contribution in [1.29, 1.82) is 0 Å². The number of benzene rings is 2. The molecule has 47 heavy (non-hydrogen) atoms. The van der Waals surface area contributed by atoms with E-state index in [0.717, 1.165) is 91.1 Å². The number of nitrogens with one attached hydrogen (secondary N) is 1. The van der Waals surface area contributed by atoms with Crippen LogP contribution in [-0.2, 0) is 6.18 Å². The van der Waals surface area contributed by atoms with Gasteiger partial charge in [0.2, 0.25) is 0 Å². The Bertz CT molecular complexity index is 1860. The van der Waals surface area contributed by atoms with Crippen molar-refractivity contribution in [3.63, 3.8) is 0 Å². The lowest BCUT2D eigenvalue weighted by molar-refractivity contribution is -0.139. The van der Waals surface area contributed by atoms with Crippen LogP contribution in [0.5, 0.6) is 5.75 Å². The average molecular weight is 664 g/mol. The van der Waals surface area contributed by atoms with E-state index in [-0.39, 0.29) is 16.2 Å². The van der Waals surface area contributed by atoms with Gasteiger partial charge in [-0.25, -0.2) is 9.97 Å². The number of imidazole rings is 1. The zero-order valence-electron chi connectivity index (χ0n) is 26.1. The second kappa shape index (κ2) is 13.7. The molecule has 0 aliphatic carbocycles. The Kier molecular flexibility index (Phi) is 9.48. The highest BCUT2D eigenvalue weighted by molar-refractivity contribution is 7.16. The van der Waals surface area contributed by atoms with Gasteiger partial charge in [0.15, 0.2) is 0 Å². The Morgan fingerprint density at radius 2 is 1.81 bits per heavy atom. The maximum absolute atomic E-state index is 13.6. The summed E-state index contributed by atoms with van der Waals surface area (Å²) in [5, 5.41) is 4.04. The Morgan fingerprint density at radius 1 is 1.04 bits per heavy atom. The van der Waals surface area contributed by atoms with Crippen LogP contribution in [0.25, 0.3) is 27.2 Å². The van der Waals surface area contributed by atoms with Gasteiger partial charge in [0.05, 0.1) is 16.6 Å². The molecule has 0 bridgehead atoms. The number of ether oxygens (including phenoxy) is 1. The summed E-state index contributed by atoms with van der Waals surface area (Å²) in [6, 6.07) is 16.7. The first-order valence-corrected chi connectivity index (χ1v) is 16.2. The number of carbonyl (C=O) groups excluding carboxylic acids is 1. The van der Waals surface area contributed by atoms with Gasteiger partial charge in [-0.05, 0) is 68.4 Å². The van der Waals surface area contributed by atoms with Crippen molar-refractivity contribution in [1.82, 2.24) is 24.3 Å². The minimum atomic E-state index is -4.55. The van der Waals surface area contributed by atoms with E-state index in [4.69, 9.17) is 10.5 Å². The number of amides is 1. The Morgan fingerprint density at radius 3 is 2.57 bits per heavy atom. The number of nitrogens with two attached hydrogens (primary N) is 1. The van der Waals surface area contributed by atoms with Crippen LogP contribution in [0.15, 0.2) is 73.2 Å². The second-order valence-electron chi connectivity index (χ2n) is 11.7. The highest BCUT2D eigenvalue weighted by Crippen LogP contribution is 2.39. The molecule has 6 rings (SSSR count). The molecule has 246 valence electrons. The number of likely N-dealkylation sites (N-methyl/N-ethyl adjacent to an activating group) is 1. The summed E-state index contributed by atoms with van der Waals surface area (Å²) in [6.07, 6.45) is -1.09. The number of hydrogen-bond acceptors (Lipinski definition) is 8. The number of anilines is 1. The molecule has 13 heteroatoms. The third-order valence-corrected chi connectivity index (χ3v) is 9.48. The van der Waals surface area contributed by atoms with Gasteiger partial charge in [-0.2, -0.15) is 13.2 Å². The van der Waals surface area contributed by atoms with E-state index in [2.05, 4.69) is 32.1 Å². The van der Waals surface area contributed by atoms with E-state index in [1.165, 1.54) is 25.1 Å². The minimum Gasteiger partial charge on any atom is -0.484 e. The standard InChI is InChI=1S/C34H36F3N7O2S/c1-22(25-6-3-4-7-26(25)34(35,36)37)46-29-20-31(47-32(29)33(38)45)44-21-41-27-18-23(8-9-28(27)44)24-10-12-40-30(19-24)39-11-5-13-43-16-14-42(2)15-17-43/h3-4,6-10,12,18-22H,5,11,13-17H2,1-2H3,(H2,38,45)(H,39,40). The van der Waals surface area contributed by atoms with E-state index in [1.54, 1.807) is 23.2 Å². The third-order valence-electron chi connectivity index (χ3n) is 8.35. The van der Waals surface area contributed by atoms with Gasteiger partial charge in [-0.1, -0.05) is 24.3 Å². The normalized spacial score (nSPS) is 15.2. The minimum absolute atomic E-state index is 0.0381. The lowest BCUT2D eigenvalue weighted by Crippen LogP contribution is -2.44. The molecule has 5 aromatic rings. The largest absolute Gasteiger partial charge is 0.484 e. The van der Waals surface area contributed by atoms with Crippen LogP contribution in [0.4, 0.5) is 19.0 Å². The third kappa shape index (κ3) is 7.42. The highest BCUT2D eigenvalue weighted by atomic mass is 32.1. The van der Waals surface area contributed by atoms with Crippen LogP contribution in [0.2, 0.25) is 0 Å². The number of piperazine rings is 1. The first-order valence-electron chi connectivity index (χ1n) is 15.4. The summed E-state index contributed by atoms with van der Waals surface area (Å²) < 4.78 is 48.6. The van der Waals surface area contributed by atoms with Gasteiger partial charge in [0.1, 0.15) is 33.9 Å². The van der Waals surface area contributed by atoms with Crippen molar-refractivity contribution in [3.05, 3.63) is 89.2 Å². The van der Waals surface area contributed by atoms with Crippen molar-refractivity contribution in [3.8, 4) is 21.9 Å². The molecule has 3 N–H and O–H groups in total. The van der Waals surface area contributed by atoms with Crippen molar-refractivity contribution in [2.45, 2.75) is 25.6 Å². The first kappa shape index (κ1) is 32.5. The molecular formula is C34H36F3N7O2S. The highest BCUT2D eigenvalue weighted by Gasteiger charge is 2.35. The van der Waals surface area contributed by atoms with E-state index in [0.29, 0.717) is 5.00 Å². The van der Waals surface area contributed by atoms with Gasteiger partial charge in [-0.3, -0.25) is 9.36 Å². The second-order valence-corrected chi connectivity index (χ2v) is 12.7. The van der Waals surface area contributed by atoms with Gasteiger partial charge < -0.3 is 25.6 Å². The van der Waals surface area contributed by atoms with Gasteiger partial charge >= 0.3 is 6.18 Å². The number of nitrogens with zero attached hydrogens (tertiary/aromatic N) is 5. The fourth-order valence-electron chi connectivity index (χ4n) is 5.77. The molecule has 9 nitrogen and oxygen atoms in total. The van der Waals surface area contributed by atoms with Crippen LogP contribution < -0.4 is 15.8 Å². The van der Waals surface area contributed by atoms with Crippen molar-refractivity contribution >= 4 is 34.1 Å². The van der Waals surface area contributed by atoms with Gasteiger partial charge in [-0.15, -0.1) is 11.3 Å². The number of thiophene rings is 1. The molecule has 0 radical (unpaired) electrons.